The highest BCUT2D eigenvalue weighted by Crippen LogP contribution is 2.12. The van der Waals surface area contributed by atoms with Crippen molar-refractivity contribution in [3.05, 3.63) is 46.8 Å². The topological polar surface area (TPSA) is 42.2 Å². The number of rotatable bonds is 3. The zero-order chi connectivity index (χ0) is 12.4. The Morgan fingerprint density at radius 3 is 2.59 bits per heavy atom. The number of hydrogen-bond acceptors (Lipinski definition) is 2. The smallest absolute Gasteiger partial charge is 0.251 e. The molecule has 3 heteroatoms. The zero-order valence-electron chi connectivity index (χ0n) is 10.1. The summed E-state index contributed by atoms with van der Waals surface area (Å²) in [7, 11) is 0. The number of hydrogen-bond donors (Lipinski definition) is 1. The fourth-order valence-electron chi connectivity index (χ4n) is 1.83. The van der Waals surface area contributed by atoms with Crippen molar-refractivity contribution in [2.45, 2.75) is 26.5 Å². The summed E-state index contributed by atoms with van der Waals surface area (Å²) in [5.74, 6) is 0.140. The van der Waals surface area contributed by atoms with Crippen molar-refractivity contribution in [3.63, 3.8) is 0 Å². The molecule has 0 amide bonds. The Labute approximate surface area is 100 Å². The van der Waals surface area contributed by atoms with Gasteiger partial charge in [0.2, 0.25) is 0 Å². The molecule has 3 nitrogen and oxygen atoms in total. The van der Waals surface area contributed by atoms with Crippen molar-refractivity contribution in [2.24, 2.45) is 5.92 Å². The van der Waals surface area contributed by atoms with E-state index >= 15 is 0 Å². The lowest BCUT2D eigenvalue weighted by Gasteiger charge is -2.17. The number of aliphatic hydroxyl groups is 1. The van der Waals surface area contributed by atoms with Gasteiger partial charge in [-0.15, -0.1) is 0 Å². The highest BCUT2D eigenvalue weighted by molar-refractivity contribution is 5.78. The van der Waals surface area contributed by atoms with E-state index in [1.807, 2.05) is 44.2 Å². The van der Waals surface area contributed by atoms with E-state index in [1.165, 1.54) is 0 Å². The maximum Gasteiger partial charge on any atom is 0.251 e. The summed E-state index contributed by atoms with van der Waals surface area (Å²) in [6, 6.07) is 11.1. The van der Waals surface area contributed by atoms with E-state index < -0.39 is 6.10 Å². The van der Waals surface area contributed by atoms with E-state index in [0.717, 1.165) is 10.9 Å². The van der Waals surface area contributed by atoms with Gasteiger partial charge in [0.15, 0.2) is 0 Å². The standard InChI is InChI=1S/C14H17NO2/c1-10(2)13(16)9-15-12-6-4-3-5-11(12)7-8-14(15)17/h3-8,10,13,16H,9H2,1-2H3. The Morgan fingerprint density at radius 2 is 1.88 bits per heavy atom. The maximum absolute atomic E-state index is 11.8. The molecule has 1 aromatic carbocycles. The van der Waals surface area contributed by atoms with Crippen LogP contribution < -0.4 is 5.56 Å². The first-order valence-electron chi connectivity index (χ1n) is 5.86. The SMILES string of the molecule is CC(C)C(O)Cn1c(=O)ccc2ccccc21. The van der Waals surface area contributed by atoms with Crippen LogP contribution >= 0.6 is 0 Å². The third kappa shape index (κ3) is 2.39. The van der Waals surface area contributed by atoms with Crippen molar-refractivity contribution in [3.8, 4) is 0 Å². The van der Waals surface area contributed by atoms with Gasteiger partial charge >= 0.3 is 0 Å². The second-order valence-corrected chi connectivity index (χ2v) is 4.65. The van der Waals surface area contributed by atoms with Crippen molar-refractivity contribution >= 4 is 10.9 Å². The van der Waals surface area contributed by atoms with Gasteiger partial charge in [-0.2, -0.15) is 0 Å². The molecular weight excluding hydrogens is 214 g/mol. The molecule has 0 fully saturated rings. The van der Waals surface area contributed by atoms with Crippen LogP contribution in [0.2, 0.25) is 0 Å². The Bertz CT molecular complexity index is 572. The lowest BCUT2D eigenvalue weighted by Crippen LogP contribution is -2.29. The van der Waals surface area contributed by atoms with Crippen LogP contribution in [0.4, 0.5) is 0 Å². The molecule has 0 aliphatic heterocycles. The van der Waals surface area contributed by atoms with Crippen LogP contribution in [0.15, 0.2) is 41.2 Å². The van der Waals surface area contributed by atoms with E-state index in [2.05, 4.69) is 0 Å². The molecule has 2 rings (SSSR count). The van der Waals surface area contributed by atoms with Gasteiger partial charge in [0, 0.05) is 6.07 Å². The minimum Gasteiger partial charge on any atom is -0.391 e. The third-order valence-corrected chi connectivity index (χ3v) is 3.04. The predicted molar refractivity (Wildman–Crippen MR) is 69.1 cm³/mol. The molecular formula is C14H17NO2. The summed E-state index contributed by atoms with van der Waals surface area (Å²) in [6.07, 6.45) is -0.501. The molecule has 1 N–H and O–H groups in total. The zero-order valence-corrected chi connectivity index (χ0v) is 10.1. The lowest BCUT2D eigenvalue weighted by atomic mass is 10.1. The Hall–Kier alpha value is -1.61. The van der Waals surface area contributed by atoms with Crippen LogP contribution in [-0.4, -0.2) is 15.8 Å². The molecule has 2 aromatic rings. The van der Waals surface area contributed by atoms with Crippen LogP contribution in [0.25, 0.3) is 10.9 Å². The Kier molecular flexibility index (Phi) is 3.29. The molecule has 1 atom stereocenters. The molecule has 0 bridgehead atoms. The van der Waals surface area contributed by atoms with Crippen molar-refractivity contribution < 1.29 is 5.11 Å². The van der Waals surface area contributed by atoms with Crippen molar-refractivity contribution in [1.29, 1.82) is 0 Å². The number of para-hydroxylation sites is 1. The first-order valence-corrected chi connectivity index (χ1v) is 5.86. The number of aliphatic hydroxyl groups excluding tert-OH is 1. The van der Waals surface area contributed by atoms with Gasteiger partial charge in [-0.25, -0.2) is 0 Å². The fraction of sp³-hybridized carbons (Fsp3) is 0.357. The van der Waals surface area contributed by atoms with Gasteiger partial charge in [0.25, 0.3) is 5.56 Å². The molecule has 1 heterocycles. The van der Waals surface area contributed by atoms with Gasteiger partial charge in [0.05, 0.1) is 18.2 Å². The summed E-state index contributed by atoms with van der Waals surface area (Å²) < 4.78 is 1.64. The van der Waals surface area contributed by atoms with Crippen LogP contribution in [-0.2, 0) is 6.54 Å². The second-order valence-electron chi connectivity index (χ2n) is 4.65. The fourth-order valence-corrected chi connectivity index (χ4v) is 1.83. The van der Waals surface area contributed by atoms with Gasteiger partial charge in [-0.3, -0.25) is 4.79 Å². The molecule has 0 aliphatic rings. The molecule has 1 unspecified atom stereocenters. The number of fused-ring (bicyclic) bond motifs is 1. The summed E-state index contributed by atoms with van der Waals surface area (Å²) >= 11 is 0. The molecule has 1 aromatic heterocycles. The van der Waals surface area contributed by atoms with Gasteiger partial charge in [0.1, 0.15) is 0 Å². The van der Waals surface area contributed by atoms with Crippen LogP contribution in [0.5, 0.6) is 0 Å². The Morgan fingerprint density at radius 1 is 1.18 bits per heavy atom. The van der Waals surface area contributed by atoms with Gasteiger partial charge in [-0.1, -0.05) is 32.0 Å². The second kappa shape index (κ2) is 4.72. The summed E-state index contributed by atoms with van der Waals surface area (Å²) in [6.45, 7) is 4.24. The lowest BCUT2D eigenvalue weighted by molar-refractivity contribution is 0.107. The molecule has 17 heavy (non-hydrogen) atoms. The first kappa shape index (κ1) is 11.9. The van der Waals surface area contributed by atoms with Crippen molar-refractivity contribution in [1.82, 2.24) is 4.57 Å². The largest absolute Gasteiger partial charge is 0.391 e. The van der Waals surface area contributed by atoms with E-state index in [9.17, 15) is 9.90 Å². The predicted octanol–water partition coefficient (Wildman–Crippen LogP) is 2.02. The van der Waals surface area contributed by atoms with Crippen LogP contribution in [0, 0.1) is 5.92 Å². The minimum absolute atomic E-state index is 0.0663. The van der Waals surface area contributed by atoms with Crippen LogP contribution in [0.3, 0.4) is 0 Å². The molecule has 0 saturated carbocycles. The number of pyridine rings is 1. The monoisotopic (exact) mass is 231 g/mol. The van der Waals surface area contributed by atoms with E-state index in [4.69, 9.17) is 0 Å². The highest BCUT2D eigenvalue weighted by atomic mass is 16.3. The maximum atomic E-state index is 11.8. The normalized spacial score (nSPS) is 13.2. The van der Waals surface area contributed by atoms with Crippen LogP contribution in [0.1, 0.15) is 13.8 Å². The molecule has 0 saturated heterocycles. The van der Waals surface area contributed by atoms with E-state index in [0.29, 0.717) is 6.54 Å². The molecule has 90 valence electrons. The highest BCUT2D eigenvalue weighted by Gasteiger charge is 2.12. The molecule has 0 radical (unpaired) electrons. The van der Waals surface area contributed by atoms with Gasteiger partial charge < -0.3 is 9.67 Å². The molecule has 0 aliphatic carbocycles. The summed E-state index contributed by atoms with van der Waals surface area (Å²) in [4.78, 5) is 11.8. The average molecular weight is 231 g/mol. The summed E-state index contributed by atoms with van der Waals surface area (Å²) in [5.41, 5.74) is 0.808. The number of nitrogens with zero attached hydrogens (tertiary/aromatic N) is 1. The molecule has 0 spiro atoms. The quantitative estimate of drug-likeness (QED) is 0.878. The average Bonchev–Trinajstić information content (AvgIpc) is 2.32. The first-order chi connectivity index (χ1) is 8.09. The van der Waals surface area contributed by atoms with E-state index in [-0.39, 0.29) is 11.5 Å². The number of benzene rings is 1. The van der Waals surface area contributed by atoms with E-state index in [1.54, 1.807) is 10.6 Å². The van der Waals surface area contributed by atoms with Crippen molar-refractivity contribution in [2.75, 3.05) is 0 Å². The third-order valence-electron chi connectivity index (χ3n) is 3.04. The number of aromatic nitrogens is 1. The van der Waals surface area contributed by atoms with Gasteiger partial charge in [-0.05, 0) is 23.4 Å². The minimum atomic E-state index is -0.501. The Balaban J connectivity index is 2.52. The summed E-state index contributed by atoms with van der Waals surface area (Å²) in [5, 5.41) is 10.9.